The number of hydrogen-bond acceptors (Lipinski definition) is 1. The van der Waals surface area contributed by atoms with Crippen LogP contribution in [-0.4, -0.2) is 0 Å². The Morgan fingerprint density at radius 3 is 2.53 bits per heavy atom. The lowest BCUT2D eigenvalue weighted by atomic mass is 9.60. The van der Waals surface area contributed by atoms with Gasteiger partial charge in [-0.2, -0.15) is 0 Å². The average Bonchev–Trinajstić information content (AvgIpc) is 2.31. The van der Waals surface area contributed by atoms with Crippen molar-refractivity contribution in [1.82, 2.24) is 0 Å². The van der Waals surface area contributed by atoms with Crippen LogP contribution in [0.3, 0.4) is 0 Å². The van der Waals surface area contributed by atoms with Gasteiger partial charge in [-0.05, 0) is 47.9 Å². The van der Waals surface area contributed by atoms with Crippen LogP contribution < -0.4 is 5.73 Å². The summed E-state index contributed by atoms with van der Waals surface area (Å²) in [6.45, 7) is 6.80. The van der Waals surface area contributed by atoms with Crippen LogP contribution in [0.25, 0.3) is 0 Å². The summed E-state index contributed by atoms with van der Waals surface area (Å²) in [6.07, 6.45) is 4.54. The normalized spacial score (nSPS) is 28.4. The van der Waals surface area contributed by atoms with Crippen molar-refractivity contribution in [3.8, 4) is 0 Å². The number of rotatable bonds is 1. The van der Waals surface area contributed by atoms with Crippen molar-refractivity contribution in [3.05, 3.63) is 33.8 Å². The van der Waals surface area contributed by atoms with Crippen molar-refractivity contribution in [2.75, 3.05) is 0 Å². The van der Waals surface area contributed by atoms with E-state index in [9.17, 15) is 0 Å². The number of nitrogens with two attached hydrogens (primary N) is 1. The predicted octanol–water partition coefficient (Wildman–Crippen LogP) is 5.38. The van der Waals surface area contributed by atoms with E-state index in [0.29, 0.717) is 10.9 Å². The van der Waals surface area contributed by atoms with Crippen molar-refractivity contribution >= 4 is 23.2 Å². The molecule has 2 unspecified atom stereocenters. The molecule has 0 heterocycles. The molecule has 1 aliphatic carbocycles. The summed E-state index contributed by atoms with van der Waals surface area (Å²) in [7, 11) is 0. The minimum Gasteiger partial charge on any atom is -0.321 e. The molecule has 1 fully saturated rings. The van der Waals surface area contributed by atoms with Gasteiger partial charge in [-0.15, -0.1) is 0 Å². The van der Waals surface area contributed by atoms with Crippen LogP contribution in [0.4, 0.5) is 0 Å². The quantitative estimate of drug-likeness (QED) is 0.740. The number of hydrogen-bond donors (Lipinski definition) is 1. The molecular weight excluding hydrogens is 277 g/mol. The summed E-state index contributed by atoms with van der Waals surface area (Å²) < 4.78 is 0. The summed E-state index contributed by atoms with van der Waals surface area (Å²) in [5.41, 5.74) is 7.66. The van der Waals surface area contributed by atoms with Gasteiger partial charge in [-0.1, -0.05) is 56.8 Å². The van der Waals surface area contributed by atoms with E-state index in [1.165, 1.54) is 6.42 Å². The lowest BCUT2D eigenvalue weighted by Gasteiger charge is -2.48. The molecule has 106 valence electrons. The third-order valence-electron chi connectivity index (χ3n) is 4.43. The second-order valence-corrected chi connectivity index (χ2v) is 7.67. The average molecular weight is 300 g/mol. The topological polar surface area (TPSA) is 26.0 Å². The molecule has 1 aliphatic rings. The monoisotopic (exact) mass is 299 g/mol. The van der Waals surface area contributed by atoms with Gasteiger partial charge in [0.1, 0.15) is 0 Å². The molecule has 1 aromatic rings. The van der Waals surface area contributed by atoms with E-state index < -0.39 is 0 Å². The second-order valence-electron chi connectivity index (χ2n) is 6.83. The first-order valence-electron chi connectivity index (χ1n) is 6.99. The van der Waals surface area contributed by atoms with Gasteiger partial charge < -0.3 is 5.73 Å². The third kappa shape index (κ3) is 2.94. The zero-order valence-corrected chi connectivity index (χ0v) is 13.5. The summed E-state index contributed by atoms with van der Waals surface area (Å²) in [5, 5.41) is 1.45. The van der Waals surface area contributed by atoms with Crippen molar-refractivity contribution in [2.24, 2.45) is 17.1 Å². The highest BCUT2D eigenvalue weighted by Crippen LogP contribution is 2.49. The molecule has 2 N–H and O–H groups in total. The standard InChI is InChI=1S/C16H23Cl2N/c1-15(2,3)14-6-4-5-9-16(14,19)12-10-11(17)7-8-13(12)18/h7-8,10,14H,4-6,9,19H2,1-3H3. The maximum Gasteiger partial charge on any atom is 0.0458 e. The summed E-state index contributed by atoms with van der Waals surface area (Å²) in [4.78, 5) is 0. The predicted molar refractivity (Wildman–Crippen MR) is 83.7 cm³/mol. The first kappa shape index (κ1) is 15.2. The van der Waals surface area contributed by atoms with Crippen LogP contribution in [0.5, 0.6) is 0 Å². The van der Waals surface area contributed by atoms with Crippen LogP contribution >= 0.6 is 23.2 Å². The molecule has 1 nitrogen and oxygen atoms in total. The fraction of sp³-hybridized carbons (Fsp3) is 0.625. The Morgan fingerprint density at radius 1 is 1.21 bits per heavy atom. The van der Waals surface area contributed by atoms with Crippen LogP contribution in [0.2, 0.25) is 10.0 Å². The molecule has 0 amide bonds. The molecule has 0 saturated heterocycles. The smallest absolute Gasteiger partial charge is 0.0458 e. The van der Waals surface area contributed by atoms with Crippen molar-refractivity contribution in [1.29, 1.82) is 0 Å². The molecule has 0 spiro atoms. The van der Waals surface area contributed by atoms with E-state index in [1.54, 1.807) is 0 Å². The van der Waals surface area contributed by atoms with Gasteiger partial charge in [0.05, 0.1) is 0 Å². The Hall–Kier alpha value is -0.240. The fourth-order valence-electron chi connectivity index (χ4n) is 3.58. The second kappa shape index (κ2) is 5.27. The van der Waals surface area contributed by atoms with Gasteiger partial charge in [0.15, 0.2) is 0 Å². The zero-order valence-electron chi connectivity index (χ0n) is 12.0. The molecule has 0 aromatic heterocycles. The van der Waals surface area contributed by atoms with Gasteiger partial charge >= 0.3 is 0 Å². The lowest BCUT2D eigenvalue weighted by molar-refractivity contribution is 0.0779. The first-order valence-corrected chi connectivity index (χ1v) is 7.75. The maximum atomic E-state index is 6.84. The highest BCUT2D eigenvalue weighted by Gasteiger charge is 2.45. The van der Waals surface area contributed by atoms with E-state index in [1.807, 2.05) is 18.2 Å². The van der Waals surface area contributed by atoms with Crippen LogP contribution in [-0.2, 0) is 5.54 Å². The van der Waals surface area contributed by atoms with E-state index >= 15 is 0 Å². The molecule has 1 aromatic carbocycles. The van der Waals surface area contributed by atoms with Gasteiger partial charge in [0.2, 0.25) is 0 Å². The molecule has 0 bridgehead atoms. The molecule has 3 heteroatoms. The van der Waals surface area contributed by atoms with Gasteiger partial charge in [-0.25, -0.2) is 0 Å². The van der Waals surface area contributed by atoms with Crippen LogP contribution in [0.15, 0.2) is 18.2 Å². The lowest BCUT2D eigenvalue weighted by Crippen LogP contribution is -2.51. The van der Waals surface area contributed by atoms with Crippen LogP contribution in [0.1, 0.15) is 52.0 Å². The van der Waals surface area contributed by atoms with E-state index in [0.717, 1.165) is 29.8 Å². The molecule has 2 atom stereocenters. The highest BCUT2D eigenvalue weighted by atomic mass is 35.5. The Morgan fingerprint density at radius 2 is 1.89 bits per heavy atom. The summed E-state index contributed by atoms with van der Waals surface area (Å²) in [6, 6.07) is 5.64. The Balaban J connectivity index is 2.51. The highest BCUT2D eigenvalue weighted by molar-refractivity contribution is 6.33. The molecule has 1 saturated carbocycles. The minimum atomic E-state index is -0.363. The summed E-state index contributed by atoms with van der Waals surface area (Å²) >= 11 is 12.5. The molecule has 2 rings (SSSR count). The van der Waals surface area contributed by atoms with Crippen LogP contribution in [0, 0.1) is 11.3 Å². The van der Waals surface area contributed by atoms with Gasteiger partial charge in [0.25, 0.3) is 0 Å². The maximum absolute atomic E-state index is 6.84. The fourth-order valence-corrected chi connectivity index (χ4v) is 4.05. The van der Waals surface area contributed by atoms with Crippen molar-refractivity contribution in [2.45, 2.75) is 52.0 Å². The Bertz CT molecular complexity index is 464. The van der Waals surface area contributed by atoms with E-state index in [4.69, 9.17) is 28.9 Å². The molecule has 19 heavy (non-hydrogen) atoms. The van der Waals surface area contributed by atoms with Gasteiger partial charge in [-0.3, -0.25) is 0 Å². The zero-order chi connectivity index (χ0) is 14.3. The largest absolute Gasteiger partial charge is 0.321 e. The van der Waals surface area contributed by atoms with Crippen molar-refractivity contribution < 1.29 is 0 Å². The first-order chi connectivity index (χ1) is 8.75. The number of halogens is 2. The molecular formula is C16H23Cl2N. The summed E-state index contributed by atoms with van der Waals surface area (Å²) in [5.74, 6) is 0.421. The number of benzene rings is 1. The molecule has 0 aliphatic heterocycles. The minimum absolute atomic E-state index is 0.167. The van der Waals surface area contributed by atoms with Crippen molar-refractivity contribution in [3.63, 3.8) is 0 Å². The Labute approximate surface area is 126 Å². The van der Waals surface area contributed by atoms with E-state index in [2.05, 4.69) is 20.8 Å². The SMILES string of the molecule is CC(C)(C)C1CCCCC1(N)c1cc(Cl)ccc1Cl. The van der Waals surface area contributed by atoms with E-state index in [-0.39, 0.29) is 11.0 Å². The van der Waals surface area contributed by atoms with Gasteiger partial charge in [0, 0.05) is 15.6 Å². The Kier molecular flexibility index (Phi) is 4.21. The third-order valence-corrected chi connectivity index (χ3v) is 4.99. The molecule has 0 radical (unpaired) electrons.